The second-order valence-electron chi connectivity index (χ2n) is 6.25. The zero-order valence-corrected chi connectivity index (χ0v) is 15.3. The molecule has 1 aliphatic heterocycles. The SMILES string of the molecule is CCC(=O)N1CCc2cc(CNS(=O)(=O)c3ccc(C)cc3)ccc21. The van der Waals surface area contributed by atoms with Gasteiger partial charge < -0.3 is 4.90 Å². The minimum absolute atomic E-state index is 0.117. The Morgan fingerprint density at radius 3 is 2.56 bits per heavy atom. The first-order valence-corrected chi connectivity index (χ1v) is 9.87. The van der Waals surface area contributed by atoms with E-state index in [0.717, 1.165) is 28.8 Å². The van der Waals surface area contributed by atoms with Crippen molar-refractivity contribution < 1.29 is 13.2 Å². The number of nitrogens with one attached hydrogen (secondary N) is 1. The molecule has 1 heterocycles. The lowest BCUT2D eigenvalue weighted by molar-refractivity contribution is -0.118. The number of hydrogen-bond acceptors (Lipinski definition) is 3. The predicted octanol–water partition coefficient (Wildman–Crippen LogP) is 2.77. The van der Waals surface area contributed by atoms with Crippen LogP contribution in [0.1, 0.15) is 30.0 Å². The van der Waals surface area contributed by atoms with Crippen LogP contribution in [0.4, 0.5) is 5.69 Å². The van der Waals surface area contributed by atoms with Crippen molar-refractivity contribution in [3.63, 3.8) is 0 Å². The number of nitrogens with zero attached hydrogens (tertiary/aromatic N) is 1. The van der Waals surface area contributed by atoms with Gasteiger partial charge in [0.1, 0.15) is 0 Å². The molecule has 1 amide bonds. The Bertz CT molecular complexity index is 889. The van der Waals surface area contributed by atoms with Crippen molar-refractivity contribution in [2.24, 2.45) is 0 Å². The number of carbonyl (C=O) groups is 1. The van der Waals surface area contributed by atoms with Gasteiger partial charge in [0.2, 0.25) is 15.9 Å². The fourth-order valence-corrected chi connectivity index (χ4v) is 4.01. The fraction of sp³-hybridized carbons (Fsp3) is 0.316. The quantitative estimate of drug-likeness (QED) is 0.894. The summed E-state index contributed by atoms with van der Waals surface area (Å²) in [4.78, 5) is 14.0. The van der Waals surface area contributed by atoms with E-state index in [1.807, 2.05) is 32.0 Å². The van der Waals surface area contributed by atoms with Gasteiger partial charge in [-0.3, -0.25) is 4.79 Å². The van der Waals surface area contributed by atoms with Gasteiger partial charge in [-0.1, -0.05) is 36.8 Å². The van der Waals surface area contributed by atoms with Crippen LogP contribution in [0.15, 0.2) is 47.4 Å². The number of carbonyl (C=O) groups excluding carboxylic acids is 1. The monoisotopic (exact) mass is 358 g/mol. The summed E-state index contributed by atoms with van der Waals surface area (Å²) in [6.45, 7) is 4.70. The second-order valence-corrected chi connectivity index (χ2v) is 8.02. The third-order valence-corrected chi connectivity index (χ3v) is 5.86. The van der Waals surface area contributed by atoms with E-state index >= 15 is 0 Å². The molecular weight excluding hydrogens is 336 g/mol. The van der Waals surface area contributed by atoms with Crippen LogP contribution >= 0.6 is 0 Å². The van der Waals surface area contributed by atoms with Crippen LogP contribution in [0.2, 0.25) is 0 Å². The Hall–Kier alpha value is -2.18. The molecule has 0 spiro atoms. The van der Waals surface area contributed by atoms with Gasteiger partial charge >= 0.3 is 0 Å². The summed E-state index contributed by atoms with van der Waals surface area (Å²) in [7, 11) is -3.53. The largest absolute Gasteiger partial charge is 0.312 e. The first kappa shape index (κ1) is 17.6. The molecule has 0 aromatic heterocycles. The molecule has 3 rings (SSSR count). The molecule has 6 heteroatoms. The van der Waals surface area contributed by atoms with E-state index < -0.39 is 10.0 Å². The molecule has 0 unspecified atom stereocenters. The molecule has 0 bridgehead atoms. The summed E-state index contributed by atoms with van der Waals surface area (Å²) in [5, 5.41) is 0. The number of fused-ring (bicyclic) bond motifs is 1. The van der Waals surface area contributed by atoms with Crippen molar-refractivity contribution in [3.05, 3.63) is 59.2 Å². The standard InChI is InChI=1S/C19H22N2O3S/c1-3-19(22)21-11-10-16-12-15(6-9-18(16)21)13-20-25(23,24)17-7-4-14(2)5-8-17/h4-9,12,20H,3,10-11,13H2,1-2H3. The molecule has 132 valence electrons. The molecule has 1 N–H and O–H groups in total. The minimum atomic E-state index is -3.53. The summed E-state index contributed by atoms with van der Waals surface area (Å²) >= 11 is 0. The van der Waals surface area contributed by atoms with E-state index in [1.165, 1.54) is 0 Å². The smallest absolute Gasteiger partial charge is 0.240 e. The van der Waals surface area contributed by atoms with Crippen molar-refractivity contribution in [1.29, 1.82) is 0 Å². The normalized spacial score (nSPS) is 13.8. The lowest BCUT2D eigenvalue weighted by atomic mass is 10.1. The molecule has 0 saturated heterocycles. The Labute approximate surface area is 148 Å². The molecule has 0 radical (unpaired) electrons. The fourth-order valence-electron chi connectivity index (χ4n) is 2.99. The van der Waals surface area contributed by atoms with E-state index in [-0.39, 0.29) is 17.3 Å². The van der Waals surface area contributed by atoms with Gasteiger partial charge in [0.05, 0.1) is 4.90 Å². The van der Waals surface area contributed by atoms with E-state index in [2.05, 4.69) is 4.72 Å². The highest BCUT2D eigenvalue weighted by Gasteiger charge is 2.23. The van der Waals surface area contributed by atoms with Crippen LogP contribution in [0, 0.1) is 6.92 Å². The summed E-state index contributed by atoms with van der Waals surface area (Å²) in [5.74, 6) is 0.117. The number of aryl methyl sites for hydroxylation is 1. The molecule has 2 aromatic carbocycles. The highest BCUT2D eigenvalue weighted by atomic mass is 32.2. The summed E-state index contributed by atoms with van der Waals surface area (Å²) in [6.07, 6.45) is 1.29. The third kappa shape index (κ3) is 3.75. The van der Waals surface area contributed by atoms with Gasteiger partial charge in [0.25, 0.3) is 0 Å². The van der Waals surface area contributed by atoms with Gasteiger partial charge in [0.15, 0.2) is 0 Å². The van der Waals surface area contributed by atoms with Crippen LogP contribution in [0.25, 0.3) is 0 Å². The van der Waals surface area contributed by atoms with Crippen LogP contribution in [0.3, 0.4) is 0 Å². The van der Waals surface area contributed by atoms with Crippen LogP contribution in [-0.2, 0) is 27.8 Å². The second kappa shape index (κ2) is 6.98. The first-order valence-electron chi connectivity index (χ1n) is 8.39. The van der Waals surface area contributed by atoms with Gasteiger partial charge in [-0.25, -0.2) is 13.1 Å². The van der Waals surface area contributed by atoms with E-state index in [9.17, 15) is 13.2 Å². The topological polar surface area (TPSA) is 66.5 Å². The van der Waals surface area contributed by atoms with Gasteiger partial charge in [-0.05, 0) is 42.7 Å². The number of amides is 1. The Kier molecular flexibility index (Phi) is 4.92. The van der Waals surface area contributed by atoms with Gasteiger partial charge in [-0.15, -0.1) is 0 Å². The summed E-state index contributed by atoms with van der Waals surface area (Å²) in [5.41, 5.74) is 3.94. The maximum atomic E-state index is 12.4. The van der Waals surface area contributed by atoms with Crippen LogP contribution in [-0.4, -0.2) is 20.9 Å². The average molecular weight is 358 g/mol. The molecule has 0 atom stereocenters. The highest BCUT2D eigenvalue weighted by Crippen LogP contribution is 2.29. The molecule has 25 heavy (non-hydrogen) atoms. The minimum Gasteiger partial charge on any atom is -0.312 e. The number of hydrogen-bond donors (Lipinski definition) is 1. The Morgan fingerprint density at radius 2 is 1.88 bits per heavy atom. The number of anilines is 1. The average Bonchev–Trinajstić information content (AvgIpc) is 3.03. The highest BCUT2D eigenvalue weighted by molar-refractivity contribution is 7.89. The zero-order valence-electron chi connectivity index (χ0n) is 14.5. The molecule has 0 fully saturated rings. The molecule has 1 aliphatic rings. The van der Waals surface area contributed by atoms with Crippen molar-refractivity contribution >= 4 is 21.6 Å². The molecule has 0 aliphatic carbocycles. The third-order valence-electron chi connectivity index (χ3n) is 4.44. The predicted molar refractivity (Wildman–Crippen MR) is 98.0 cm³/mol. The number of benzene rings is 2. The summed E-state index contributed by atoms with van der Waals surface area (Å²) < 4.78 is 27.4. The molecule has 2 aromatic rings. The Morgan fingerprint density at radius 1 is 1.16 bits per heavy atom. The first-order chi connectivity index (χ1) is 11.9. The number of rotatable bonds is 5. The van der Waals surface area contributed by atoms with Crippen molar-refractivity contribution in [2.75, 3.05) is 11.4 Å². The van der Waals surface area contributed by atoms with Crippen molar-refractivity contribution in [2.45, 2.75) is 38.1 Å². The zero-order chi connectivity index (χ0) is 18.0. The van der Waals surface area contributed by atoms with Crippen LogP contribution in [0.5, 0.6) is 0 Å². The van der Waals surface area contributed by atoms with E-state index in [1.54, 1.807) is 29.2 Å². The van der Waals surface area contributed by atoms with Gasteiger partial charge in [-0.2, -0.15) is 0 Å². The summed E-state index contributed by atoms with van der Waals surface area (Å²) in [6, 6.07) is 12.5. The van der Waals surface area contributed by atoms with Crippen molar-refractivity contribution in [1.82, 2.24) is 4.72 Å². The van der Waals surface area contributed by atoms with Gasteiger partial charge in [0, 0.05) is 25.2 Å². The maximum absolute atomic E-state index is 12.4. The van der Waals surface area contributed by atoms with E-state index in [0.29, 0.717) is 13.0 Å². The van der Waals surface area contributed by atoms with E-state index in [4.69, 9.17) is 0 Å². The molecular formula is C19H22N2O3S. The Balaban J connectivity index is 1.72. The van der Waals surface area contributed by atoms with Crippen molar-refractivity contribution in [3.8, 4) is 0 Å². The maximum Gasteiger partial charge on any atom is 0.240 e. The molecule has 0 saturated carbocycles. The van der Waals surface area contributed by atoms with Crippen LogP contribution < -0.4 is 9.62 Å². The number of sulfonamides is 1. The lowest BCUT2D eigenvalue weighted by Gasteiger charge is -2.16. The molecule has 5 nitrogen and oxygen atoms in total. The lowest BCUT2D eigenvalue weighted by Crippen LogP contribution is -2.27.